The summed E-state index contributed by atoms with van der Waals surface area (Å²) < 4.78 is 20.3. The average Bonchev–Trinajstić information content (AvgIpc) is 2.54. The van der Waals surface area contributed by atoms with Gasteiger partial charge in [-0.15, -0.1) is 0 Å². The molecule has 1 aliphatic heterocycles. The molecule has 1 aliphatic rings. The summed E-state index contributed by atoms with van der Waals surface area (Å²) in [6.45, 7) is 8.26. The summed E-state index contributed by atoms with van der Waals surface area (Å²) in [7, 11) is 0. The molecule has 1 saturated heterocycles. The van der Waals surface area contributed by atoms with E-state index < -0.39 is 0 Å². The molecule has 2 rings (SSSR count). The number of halogens is 2. The second-order valence-electron chi connectivity index (χ2n) is 6.56. The topological polar surface area (TPSA) is 47.3 Å². The molecule has 0 aliphatic carbocycles. The highest BCUT2D eigenvalue weighted by atomic mass is 79.9. The molecule has 3 N–H and O–H groups in total. The van der Waals surface area contributed by atoms with Crippen molar-refractivity contribution in [2.75, 3.05) is 0 Å². The molecule has 0 amide bonds. The summed E-state index contributed by atoms with van der Waals surface area (Å²) in [5, 5.41) is 0. The number of ether oxygens (including phenoxy) is 1. The van der Waals surface area contributed by atoms with Gasteiger partial charge in [-0.3, -0.25) is 11.3 Å². The Balaban J connectivity index is 2.40. The lowest BCUT2D eigenvalue weighted by Gasteiger charge is -2.33. The van der Waals surface area contributed by atoms with E-state index in [1.54, 1.807) is 6.07 Å². The summed E-state index contributed by atoms with van der Waals surface area (Å²) in [5.74, 6) is 5.64. The van der Waals surface area contributed by atoms with Crippen LogP contribution in [0.25, 0.3) is 0 Å². The van der Waals surface area contributed by atoms with Gasteiger partial charge in [-0.2, -0.15) is 0 Å². The van der Waals surface area contributed by atoms with Crippen LogP contribution >= 0.6 is 15.9 Å². The Kier molecular flexibility index (Phi) is 4.27. The number of benzene rings is 1. The van der Waals surface area contributed by atoms with Crippen molar-refractivity contribution in [1.29, 1.82) is 0 Å². The lowest BCUT2D eigenvalue weighted by molar-refractivity contribution is -0.0779. The molecule has 1 aromatic rings. The van der Waals surface area contributed by atoms with Crippen LogP contribution in [0.5, 0.6) is 0 Å². The van der Waals surface area contributed by atoms with Gasteiger partial charge in [0.2, 0.25) is 0 Å². The zero-order valence-electron chi connectivity index (χ0n) is 12.3. The molecule has 0 bridgehead atoms. The minimum atomic E-state index is -0.327. The smallest absolute Gasteiger partial charge is 0.137 e. The van der Waals surface area contributed by atoms with Crippen LogP contribution in [0.1, 0.15) is 45.7 Å². The molecule has 1 aromatic carbocycles. The number of hydrazine groups is 1. The Bertz CT molecular complexity index is 505. The zero-order chi connectivity index (χ0) is 15.1. The summed E-state index contributed by atoms with van der Waals surface area (Å²) in [6, 6.07) is 4.85. The third kappa shape index (κ3) is 2.91. The molecule has 1 heterocycles. The first-order chi connectivity index (χ1) is 9.18. The molecule has 3 nitrogen and oxygen atoms in total. The van der Waals surface area contributed by atoms with Crippen LogP contribution < -0.4 is 11.3 Å². The Morgan fingerprint density at radius 1 is 1.40 bits per heavy atom. The lowest BCUT2D eigenvalue weighted by Crippen LogP contribution is -2.41. The minimum absolute atomic E-state index is 0.153. The number of nitrogens with two attached hydrogens (primary N) is 1. The third-order valence-electron chi connectivity index (χ3n) is 4.04. The second kappa shape index (κ2) is 5.37. The van der Waals surface area contributed by atoms with E-state index >= 15 is 0 Å². The van der Waals surface area contributed by atoms with Crippen LogP contribution in [0.3, 0.4) is 0 Å². The van der Waals surface area contributed by atoms with E-state index in [-0.39, 0.29) is 29.0 Å². The van der Waals surface area contributed by atoms with Crippen molar-refractivity contribution in [3.63, 3.8) is 0 Å². The fraction of sp³-hybridized carbons (Fsp3) is 0.600. The van der Waals surface area contributed by atoms with E-state index in [4.69, 9.17) is 10.6 Å². The fourth-order valence-electron chi connectivity index (χ4n) is 3.31. The molecule has 0 spiro atoms. The predicted octanol–water partition coefficient (Wildman–Crippen LogP) is 3.69. The zero-order valence-corrected chi connectivity index (χ0v) is 13.9. The van der Waals surface area contributed by atoms with Gasteiger partial charge in [0.15, 0.2) is 0 Å². The fourth-order valence-corrected chi connectivity index (χ4v) is 3.82. The van der Waals surface area contributed by atoms with Crippen LogP contribution in [0, 0.1) is 11.7 Å². The highest BCUT2D eigenvalue weighted by Gasteiger charge is 2.49. The quantitative estimate of drug-likeness (QED) is 0.649. The largest absolute Gasteiger partial charge is 0.369 e. The average molecular weight is 345 g/mol. The molecule has 5 heteroatoms. The normalized spacial score (nSPS) is 25.6. The maximum atomic E-state index is 13.8. The van der Waals surface area contributed by atoms with Crippen LogP contribution in [0.15, 0.2) is 22.7 Å². The van der Waals surface area contributed by atoms with Gasteiger partial charge in [-0.25, -0.2) is 4.39 Å². The van der Waals surface area contributed by atoms with Gasteiger partial charge in [0.25, 0.3) is 0 Å². The molecule has 1 fully saturated rings. The number of rotatable bonds is 3. The number of nitrogens with one attached hydrogen (secondary N) is 1. The van der Waals surface area contributed by atoms with Gasteiger partial charge in [0.05, 0.1) is 21.7 Å². The van der Waals surface area contributed by atoms with Crippen molar-refractivity contribution in [1.82, 2.24) is 5.43 Å². The van der Waals surface area contributed by atoms with Crippen LogP contribution in [-0.4, -0.2) is 11.2 Å². The Labute approximate surface area is 128 Å². The molecule has 2 unspecified atom stereocenters. The van der Waals surface area contributed by atoms with Crippen LogP contribution in [0.2, 0.25) is 0 Å². The predicted molar refractivity (Wildman–Crippen MR) is 81.5 cm³/mol. The van der Waals surface area contributed by atoms with Crippen molar-refractivity contribution >= 4 is 15.9 Å². The van der Waals surface area contributed by atoms with E-state index in [1.807, 2.05) is 6.07 Å². The first-order valence-corrected chi connectivity index (χ1v) is 7.57. The highest BCUT2D eigenvalue weighted by molar-refractivity contribution is 9.10. The number of hydrogen-bond acceptors (Lipinski definition) is 3. The molecule has 0 aromatic heterocycles. The summed E-state index contributed by atoms with van der Waals surface area (Å²) >= 11 is 3.32. The highest BCUT2D eigenvalue weighted by Crippen LogP contribution is 2.48. The third-order valence-corrected chi connectivity index (χ3v) is 4.88. The lowest BCUT2D eigenvalue weighted by atomic mass is 9.79. The van der Waals surface area contributed by atoms with E-state index in [2.05, 4.69) is 49.1 Å². The number of hydrogen-bond donors (Lipinski definition) is 2. The van der Waals surface area contributed by atoms with Crippen molar-refractivity contribution in [2.24, 2.45) is 11.8 Å². The van der Waals surface area contributed by atoms with Gasteiger partial charge in [0.1, 0.15) is 5.82 Å². The molecule has 2 atom stereocenters. The van der Waals surface area contributed by atoms with Crippen LogP contribution in [0.4, 0.5) is 4.39 Å². The molecule has 0 radical (unpaired) electrons. The van der Waals surface area contributed by atoms with Crippen molar-refractivity contribution in [3.05, 3.63) is 34.1 Å². The standard InChI is InChI=1S/C15H22BrFN2O/c1-14(2)8-10(15(3,4)20-14)13(19-18)9-6-5-7-11(17)12(9)16/h5-7,10,13,19H,8,18H2,1-4H3. The van der Waals surface area contributed by atoms with E-state index in [1.165, 1.54) is 6.07 Å². The monoisotopic (exact) mass is 344 g/mol. The van der Waals surface area contributed by atoms with E-state index in [9.17, 15) is 4.39 Å². The Morgan fingerprint density at radius 3 is 2.55 bits per heavy atom. The minimum Gasteiger partial charge on any atom is -0.369 e. The van der Waals surface area contributed by atoms with Crippen molar-refractivity contribution in [3.8, 4) is 0 Å². The van der Waals surface area contributed by atoms with Gasteiger partial charge >= 0.3 is 0 Å². The SMILES string of the molecule is CC1(C)CC(C(NN)c2cccc(F)c2Br)C(C)(C)O1. The summed E-state index contributed by atoms with van der Waals surface area (Å²) in [6.07, 6.45) is 0.859. The summed E-state index contributed by atoms with van der Waals surface area (Å²) in [5.41, 5.74) is 3.14. The molecular weight excluding hydrogens is 323 g/mol. The first-order valence-electron chi connectivity index (χ1n) is 6.78. The molecule has 0 saturated carbocycles. The van der Waals surface area contributed by atoms with Gasteiger partial charge in [-0.05, 0) is 61.7 Å². The van der Waals surface area contributed by atoms with E-state index in [0.29, 0.717) is 4.47 Å². The van der Waals surface area contributed by atoms with Crippen LogP contribution in [-0.2, 0) is 4.74 Å². The summed E-state index contributed by atoms with van der Waals surface area (Å²) in [4.78, 5) is 0. The second-order valence-corrected chi connectivity index (χ2v) is 7.36. The molecule has 20 heavy (non-hydrogen) atoms. The maximum Gasteiger partial charge on any atom is 0.137 e. The Hall–Kier alpha value is -0.490. The Morgan fingerprint density at radius 2 is 2.05 bits per heavy atom. The van der Waals surface area contributed by atoms with Crippen molar-refractivity contribution < 1.29 is 9.13 Å². The van der Waals surface area contributed by atoms with Gasteiger partial charge in [0, 0.05) is 5.92 Å². The van der Waals surface area contributed by atoms with Gasteiger partial charge in [-0.1, -0.05) is 12.1 Å². The molecule has 112 valence electrons. The van der Waals surface area contributed by atoms with Crippen molar-refractivity contribution in [2.45, 2.75) is 51.4 Å². The van der Waals surface area contributed by atoms with E-state index in [0.717, 1.165) is 12.0 Å². The van der Waals surface area contributed by atoms with Gasteiger partial charge < -0.3 is 4.74 Å². The first kappa shape index (κ1) is 15.9. The molecular formula is C15H22BrFN2O. The maximum absolute atomic E-state index is 13.8.